The first-order valence-corrected chi connectivity index (χ1v) is 6.64. The molecule has 0 amide bonds. The van der Waals surface area contributed by atoms with Crippen molar-refractivity contribution in [2.24, 2.45) is 5.84 Å². The van der Waals surface area contributed by atoms with Crippen LogP contribution in [0.25, 0.3) is 10.9 Å². The van der Waals surface area contributed by atoms with Gasteiger partial charge in [0.2, 0.25) is 0 Å². The summed E-state index contributed by atoms with van der Waals surface area (Å²) in [4.78, 5) is 8.79. The maximum absolute atomic E-state index is 5.79. The van der Waals surface area contributed by atoms with Gasteiger partial charge < -0.3 is 4.74 Å². The van der Waals surface area contributed by atoms with Gasteiger partial charge in [0.05, 0.1) is 18.7 Å². The number of nitrogens with two attached hydrogens (primary N) is 1. The molecule has 0 aliphatic heterocycles. The van der Waals surface area contributed by atoms with Crippen LogP contribution in [0, 0.1) is 0 Å². The maximum Gasteiger partial charge on any atom is 0.142 e. The molecule has 0 aliphatic carbocycles. The van der Waals surface area contributed by atoms with Crippen molar-refractivity contribution in [2.45, 2.75) is 6.04 Å². The second-order valence-corrected chi connectivity index (χ2v) is 4.61. The lowest BCUT2D eigenvalue weighted by Gasteiger charge is -2.19. The van der Waals surface area contributed by atoms with Crippen LogP contribution in [-0.2, 0) is 0 Å². The van der Waals surface area contributed by atoms with Crippen LogP contribution < -0.4 is 16.0 Å². The summed E-state index contributed by atoms with van der Waals surface area (Å²) in [6.07, 6.45) is 3.50. The third-order valence-corrected chi connectivity index (χ3v) is 3.45. The highest BCUT2D eigenvalue weighted by molar-refractivity contribution is 5.82. The highest BCUT2D eigenvalue weighted by Crippen LogP contribution is 2.30. The van der Waals surface area contributed by atoms with Crippen molar-refractivity contribution in [3.8, 4) is 5.75 Å². The fourth-order valence-corrected chi connectivity index (χ4v) is 2.48. The molecule has 5 nitrogen and oxygen atoms in total. The zero-order chi connectivity index (χ0) is 14.7. The average Bonchev–Trinajstić information content (AvgIpc) is 2.56. The summed E-state index contributed by atoms with van der Waals surface area (Å²) in [6, 6.07) is 13.3. The number of nitrogens with one attached hydrogen (secondary N) is 1. The van der Waals surface area contributed by atoms with Crippen LogP contribution in [0.5, 0.6) is 5.75 Å². The van der Waals surface area contributed by atoms with Crippen LogP contribution in [0.15, 0.2) is 54.9 Å². The highest BCUT2D eigenvalue weighted by atomic mass is 16.5. The zero-order valence-electron chi connectivity index (χ0n) is 11.7. The van der Waals surface area contributed by atoms with Crippen LogP contribution in [0.4, 0.5) is 0 Å². The van der Waals surface area contributed by atoms with Crippen molar-refractivity contribution >= 4 is 10.9 Å². The number of hydrogen-bond donors (Lipinski definition) is 2. The van der Waals surface area contributed by atoms with Crippen LogP contribution >= 0.6 is 0 Å². The minimum atomic E-state index is -0.269. The Morgan fingerprint density at radius 1 is 1.05 bits per heavy atom. The number of ether oxygens (including phenoxy) is 1. The Bertz CT molecular complexity index is 755. The SMILES string of the molecule is COc1cccnc1C(NN)c1ccnc2ccccc12. The fraction of sp³-hybridized carbons (Fsp3) is 0.125. The molecule has 1 atom stereocenters. The van der Waals surface area contributed by atoms with Crippen molar-refractivity contribution in [1.29, 1.82) is 0 Å². The molecule has 3 rings (SSSR count). The van der Waals surface area contributed by atoms with E-state index >= 15 is 0 Å². The molecule has 0 radical (unpaired) electrons. The molecule has 3 N–H and O–H groups in total. The van der Waals surface area contributed by atoms with E-state index in [1.54, 1.807) is 19.5 Å². The van der Waals surface area contributed by atoms with Gasteiger partial charge in [-0.25, -0.2) is 5.43 Å². The van der Waals surface area contributed by atoms with E-state index in [4.69, 9.17) is 10.6 Å². The minimum absolute atomic E-state index is 0.269. The number of benzene rings is 1. The molecule has 0 saturated heterocycles. The fourth-order valence-electron chi connectivity index (χ4n) is 2.48. The highest BCUT2D eigenvalue weighted by Gasteiger charge is 2.20. The largest absolute Gasteiger partial charge is 0.495 e. The third kappa shape index (κ3) is 2.44. The van der Waals surface area contributed by atoms with Gasteiger partial charge in [-0.3, -0.25) is 15.8 Å². The van der Waals surface area contributed by atoms with Crippen LogP contribution in [0.2, 0.25) is 0 Å². The molecule has 0 spiro atoms. The molecule has 0 bridgehead atoms. The Hall–Kier alpha value is -2.50. The maximum atomic E-state index is 5.79. The Balaban J connectivity index is 2.19. The van der Waals surface area contributed by atoms with E-state index < -0.39 is 0 Å². The first-order valence-electron chi connectivity index (χ1n) is 6.64. The Morgan fingerprint density at radius 2 is 1.90 bits per heavy atom. The number of pyridine rings is 2. The number of fused-ring (bicyclic) bond motifs is 1. The van der Waals surface area contributed by atoms with E-state index in [0.717, 1.165) is 22.2 Å². The Kier molecular flexibility index (Phi) is 3.77. The van der Waals surface area contributed by atoms with Gasteiger partial charge in [-0.05, 0) is 29.8 Å². The van der Waals surface area contributed by atoms with Crippen molar-refractivity contribution in [3.05, 3.63) is 66.1 Å². The molecule has 0 saturated carbocycles. The average molecular weight is 280 g/mol. The summed E-state index contributed by atoms with van der Waals surface area (Å²) in [7, 11) is 1.62. The molecular weight excluding hydrogens is 264 g/mol. The molecular formula is C16H16N4O. The van der Waals surface area contributed by atoms with Crippen molar-refractivity contribution in [3.63, 3.8) is 0 Å². The second kappa shape index (κ2) is 5.87. The minimum Gasteiger partial charge on any atom is -0.495 e. The van der Waals surface area contributed by atoms with Gasteiger partial charge >= 0.3 is 0 Å². The lowest BCUT2D eigenvalue weighted by molar-refractivity contribution is 0.400. The summed E-state index contributed by atoms with van der Waals surface area (Å²) >= 11 is 0. The van der Waals surface area contributed by atoms with Gasteiger partial charge in [0.15, 0.2) is 0 Å². The smallest absolute Gasteiger partial charge is 0.142 e. The Morgan fingerprint density at radius 3 is 2.71 bits per heavy atom. The predicted octanol–water partition coefficient (Wildman–Crippen LogP) is 2.19. The number of rotatable bonds is 4. The van der Waals surface area contributed by atoms with E-state index in [0.29, 0.717) is 5.75 Å². The van der Waals surface area contributed by atoms with Gasteiger partial charge in [0.25, 0.3) is 0 Å². The number of hydrogen-bond acceptors (Lipinski definition) is 5. The number of aromatic nitrogens is 2. The topological polar surface area (TPSA) is 73.1 Å². The number of methoxy groups -OCH3 is 1. The zero-order valence-corrected chi connectivity index (χ0v) is 11.7. The van der Waals surface area contributed by atoms with Crippen LogP contribution in [0.1, 0.15) is 17.3 Å². The molecule has 1 aromatic carbocycles. The summed E-state index contributed by atoms with van der Waals surface area (Å²) in [5.74, 6) is 6.48. The molecule has 1 unspecified atom stereocenters. The van der Waals surface area contributed by atoms with Crippen molar-refractivity contribution < 1.29 is 4.74 Å². The summed E-state index contributed by atoms with van der Waals surface area (Å²) in [6.45, 7) is 0. The molecule has 21 heavy (non-hydrogen) atoms. The lowest BCUT2D eigenvalue weighted by Crippen LogP contribution is -2.30. The van der Waals surface area contributed by atoms with Gasteiger partial charge in [-0.2, -0.15) is 0 Å². The molecule has 0 aliphatic rings. The van der Waals surface area contributed by atoms with Gasteiger partial charge in [0, 0.05) is 17.8 Å². The standard InChI is InChI=1S/C16H16N4O/c1-21-14-7-4-9-19-16(14)15(20-17)12-8-10-18-13-6-3-2-5-11(12)13/h2-10,15,20H,17H2,1H3. The van der Waals surface area contributed by atoms with Crippen LogP contribution in [-0.4, -0.2) is 17.1 Å². The second-order valence-electron chi connectivity index (χ2n) is 4.61. The van der Waals surface area contributed by atoms with Gasteiger partial charge in [-0.1, -0.05) is 18.2 Å². The molecule has 3 aromatic rings. The van der Waals surface area contributed by atoms with E-state index in [1.807, 2.05) is 42.5 Å². The summed E-state index contributed by atoms with van der Waals surface area (Å²) in [5, 5.41) is 1.04. The van der Waals surface area contributed by atoms with E-state index in [-0.39, 0.29) is 6.04 Å². The first kappa shape index (κ1) is 13.5. The van der Waals surface area contributed by atoms with Crippen LogP contribution in [0.3, 0.4) is 0 Å². The molecule has 2 aromatic heterocycles. The Labute approximate surface area is 122 Å². The third-order valence-electron chi connectivity index (χ3n) is 3.45. The molecule has 5 heteroatoms. The molecule has 2 heterocycles. The number of para-hydroxylation sites is 1. The number of hydrazine groups is 1. The lowest BCUT2D eigenvalue weighted by atomic mass is 9.99. The van der Waals surface area contributed by atoms with Crippen molar-refractivity contribution in [1.82, 2.24) is 15.4 Å². The number of nitrogens with zero attached hydrogens (tertiary/aromatic N) is 2. The first-order chi connectivity index (χ1) is 10.3. The summed E-state index contributed by atoms with van der Waals surface area (Å²) in [5.41, 5.74) is 5.52. The van der Waals surface area contributed by atoms with E-state index in [9.17, 15) is 0 Å². The quantitative estimate of drug-likeness (QED) is 0.566. The van der Waals surface area contributed by atoms with Gasteiger partial charge in [0.1, 0.15) is 11.4 Å². The predicted molar refractivity (Wildman–Crippen MR) is 81.7 cm³/mol. The summed E-state index contributed by atoms with van der Waals surface area (Å²) < 4.78 is 5.39. The normalized spacial score (nSPS) is 12.3. The molecule has 0 fully saturated rings. The van der Waals surface area contributed by atoms with E-state index in [2.05, 4.69) is 15.4 Å². The van der Waals surface area contributed by atoms with Crippen molar-refractivity contribution in [2.75, 3.05) is 7.11 Å². The monoisotopic (exact) mass is 280 g/mol. The van der Waals surface area contributed by atoms with Gasteiger partial charge in [-0.15, -0.1) is 0 Å². The molecule has 106 valence electrons. The van der Waals surface area contributed by atoms with E-state index in [1.165, 1.54) is 0 Å².